The summed E-state index contributed by atoms with van der Waals surface area (Å²) in [5.74, 6) is 0.808. The minimum Gasteiger partial charge on any atom is -0.384 e. The number of hydrogen-bond acceptors (Lipinski definition) is 2. The van der Waals surface area contributed by atoms with Crippen LogP contribution in [0.5, 0.6) is 0 Å². The van der Waals surface area contributed by atoms with Crippen molar-refractivity contribution in [3.05, 3.63) is 47.9 Å². The van der Waals surface area contributed by atoms with Gasteiger partial charge in [-0.05, 0) is 12.0 Å². The first-order valence-corrected chi connectivity index (χ1v) is 6.14. The minimum atomic E-state index is 0.808. The van der Waals surface area contributed by atoms with Crippen molar-refractivity contribution in [2.45, 2.75) is 32.7 Å². The van der Waals surface area contributed by atoms with Crippen LogP contribution in [0.4, 0.5) is 5.82 Å². The Morgan fingerprint density at radius 3 is 2.71 bits per heavy atom. The van der Waals surface area contributed by atoms with Crippen LogP contribution < -0.4 is 5.73 Å². The van der Waals surface area contributed by atoms with E-state index in [0.717, 1.165) is 30.9 Å². The number of nitrogens with zero attached hydrogens (tertiary/aromatic N) is 2. The van der Waals surface area contributed by atoms with Crippen molar-refractivity contribution in [1.29, 1.82) is 0 Å². The third-order valence-electron chi connectivity index (χ3n) is 2.93. The van der Waals surface area contributed by atoms with Crippen molar-refractivity contribution >= 4 is 5.82 Å². The van der Waals surface area contributed by atoms with Gasteiger partial charge in [0.1, 0.15) is 5.82 Å². The van der Waals surface area contributed by atoms with Crippen LogP contribution in [0.1, 0.15) is 31.0 Å². The molecular formula is C14H19N3. The van der Waals surface area contributed by atoms with Crippen LogP contribution in [0, 0.1) is 0 Å². The Kier molecular flexibility index (Phi) is 3.81. The third kappa shape index (κ3) is 2.87. The van der Waals surface area contributed by atoms with Gasteiger partial charge in [0.15, 0.2) is 0 Å². The van der Waals surface area contributed by atoms with E-state index in [2.05, 4.69) is 24.0 Å². The Labute approximate surface area is 102 Å². The Bertz CT molecular complexity index is 460. The molecule has 0 fully saturated rings. The number of hydrogen-bond donors (Lipinski definition) is 1. The lowest BCUT2D eigenvalue weighted by Gasteiger charge is -2.04. The zero-order chi connectivity index (χ0) is 12.1. The molecule has 0 spiro atoms. The number of unbranched alkanes of at least 4 members (excludes halogenated alkanes) is 1. The summed E-state index contributed by atoms with van der Waals surface area (Å²) < 4.78 is 2.04. The lowest BCUT2D eigenvalue weighted by Crippen LogP contribution is -2.03. The fraction of sp³-hybridized carbons (Fsp3) is 0.357. The highest BCUT2D eigenvalue weighted by Gasteiger charge is 2.07. The zero-order valence-electron chi connectivity index (χ0n) is 10.3. The van der Waals surface area contributed by atoms with Crippen molar-refractivity contribution in [2.75, 3.05) is 5.73 Å². The lowest BCUT2D eigenvalue weighted by molar-refractivity contribution is 0.637. The van der Waals surface area contributed by atoms with Gasteiger partial charge in [-0.1, -0.05) is 43.7 Å². The third-order valence-corrected chi connectivity index (χ3v) is 2.93. The molecule has 1 aromatic heterocycles. The first kappa shape index (κ1) is 11.7. The number of aromatic nitrogens is 2. The highest BCUT2D eigenvalue weighted by Crippen LogP contribution is 2.15. The molecule has 0 aliphatic rings. The zero-order valence-corrected chi connectivity index (χ0v) is 10.3. The topological polar surface area (TPSA) is 43.8 Å². The van der Waals surface area contributed by atoms with Gasteiger partial charge in [-0.2, -0.15) is 0 Å². The Hall–Kier alpha value is -1.77. The van der Waals surface area contributed by atoms with Gasteiger partial charge in [0.05, 0.1) is 12.0 Å². The van der Waals surface area contributed by atoms with Gasteiger partial charge in [0, 0.05) is 13.0 Å². The standard InChI is InChI=1S/C14H19N3/c1-2-3-9-17-11-16-13(14(17)15)10-12-7-5-4-6-8-12/h4-8,11H,2-3,9-10,15H2,1H3. The fourth-order valence-corrected chi connectivity index (χ4v) is 1.87. The highest BCUT2D eigenvalue weighted by molar-refractivity contribution is 5.39. The van der Waals surface area contributed by atoms with Crippen LogP contribution in [0.3, 0.4) is 0 Å². The first-order chi connectivity index (χ1) is 8.31. The van der Waals surface area contributed by atoms with Gasteiger partial charge in [-0.15, -0.1) is 0 Å². The SMILES string of the molecule is CCCCn1cnc(Cc2ccccc2)c1N. The Morgan fingerprint density at radius 2 is 2.00 bits per heavy atom. The second-order valence-electron chi connectivity index (χ2n) is 4.29. The van der Waals surface area contributed by atoms with E-state index in [0.29, 0.717) is 0 Å². The van der Waals surface area contributed by atoms with E-state index < -0.39 is 0 Å². The van der Waals surface area contributed by atoms with E-state index in [9.17, 15) is 0 Å². The Morgan fingerprint density at radius 1 is 1.24 bits per heavy atom. The monoisotopic (exact) mass is 229 g/mol. The molecule has 0 aliphatic heterocycles. The van der Waals surface area contributed by atoms with Gasteiger partial charge in [-0.3, -0.25) is 0 Å². The lowest BCUT2D eigenvalue weighted by atomic mass is 10.1. The largest absolute Gasteiger partial charge is 0.384 e. The number of anilines is 1. The molecule has 0 aliphatic carbocycles. The molecule has 0 bridgehead atoms. The number of imidazole rings is 1. The van der Waals surface area contributed by atoms with Crippen LogP contribution in [0.15, 0.2) is 36.7 Å². The molecular weight excluding hydrogens is 210 g/mol. The van der Waals surface area contributed by atoms with Crippen molar-refractivity contribution < 1.29 is 0 Å². The van der Waals surface area contributed by atoms with E-state index >= 15 is 0 Å². The van der Waals surface area contributed by atoms with E-state index in [1.807, 2.05) is 29.1 Å². The molecule has 3 nitrogen and oxygen atoms in total. The van der Waals surface area contributed by atoms with Gasteiger partial charge in [0.25, 0.3) is 0 Å². The summed E-state index contributed by atoms with van der Waals surface area (Å²) in [7, 11) is 0. The predicted molar refractivity (Wildman–Crippen MR) is 70.8 cm³/mol. The van der Waals surface area contributed by atoms with Crippen LogP contribution in [0.25, 0.3) is 0 Å². The molecule has 17 heavy (non-hydrogen) atoms. The fourth-order valence-electron chi connectivity index (χ4n) is 1.87. The number of aryl methyl sites for hydroxylation is 1. The molecule has 0 saturated carbocycles. The maximum Gasteiger partial charge on any atom is 0.126 e. The predicted octanol–water partition coefficient (Wildman–Crippen LogP) is 2.86. The van der Waals surface area contributed by atoms with Crippen molar-refractivity contribution in [3.8, 4) is 0 Å². The maximum atomic E-state index is 6.09. The van der Waals surface area contributed by atoms with Gasteiger partial charge >= 0.3 is 0 Å². The van der Waals surface area contributed by atoms with Gasteiger partial charge < -0.3 is 10.3 Å². The summed E-state index contributed by atoms with van der Waals surface area (Å²) in [4.78, 5) is 4.40. The van der Waals surface area contributed by atoms with E-state index in [4.69, 9.17) is 5.73 Å². The quantitative estimate of drug-likeness (QED) is 0.856. The molecule has 2 aromatic rings. The van der Waals surface area contributed by atoms with Crippen LogP contribution >= 0.6 is 0 Å². The summed E-state index contributed by atoms with van der Waals surface area (Å²) in [5.41, 5.74) is 8.32. The van der Waals surface area contributed by atoms with Crippen molar-refractivity contribution in [2.24, 2.45) is 0 Å². The molecule has 1 aromatic carbocycles. The van der Waals surface area contributed by atoms with Crippen LogP contribution in [-0.4, -0.2) is 9.55 Å². The second kappa shape index (κ2) is 5.53. The van der Waals surface area contributed by atoms with Gasteiger partial charge in [-0.25, -0.2) is 4.98 Å². The van der Waals surface area contributed by atoms with Crippen LogP contribution in [-0.2, 0) is 13.0 Å². The first-order valence-electron chi connectivity index (χ1n) is 6.14. The second-order valence-corrected chi connectivity index (χ2v) is 4.29. The molecule has 0 amide bonds. The molecule has 0 saturated heterocycles. The minimum absolute atomic E-state index is 0.808. The smallest absolute Gasteiger partial charge is 0.126 e. The van der Waals surface area contributed by atoms with Crippen LogP contribution in [0.2, 0.25) is 0 Å². The summed E-state index contributed by atoms with van der Waals surface area (Å²) in [5, 5.41) is 0. The Balaban J connectivity index is 2.09. The van der Waals surface area contributed by atoms with Crippen molar-refractivity contribution in [3.63, 3.8) is 0 Å². The average molecular weight is 229 g/mol. The molecule has 1 heterocycles. The molecule has 3 heteroatoms. The normalized spacial score (nSPS) is 10.6. The molecule has 90 valence electrons. The molecule has 0 atom stereocenters. The number of rotatable bonds is 5. The molecule has 0 radical (unpaired) electrons. The summed E-state index contributed by atoms with van der Waals surface area (Å²) in [6.45, 7) is 3.14. The van der Waals surface area contributed by atoms with Crippen molar-refractivity contribution in [1.82, 2.24) is 9.55 Å². The van der Waals surface area contributed by atoms with E-state index in [1.54, 1.807) is 0 Å². The summed E-state index contributed by atoms with van der Waals surface area (Å²) in [6, 6.07) is 10.3. The number of nitrogen functional groups attached to an aromatic ring is 1. The summed E-state index contributed by atoms with van der Waals surface area (Å²) in [6.07, 6.45) is 4.98. The maximum absolute atomic E-state index is 6.09. The van der Waals surface area contributed by atoms with Gasteiger partial charge in [0.2, 0.25) is 0 Å². The molecule has 2 N–H and O–H groups in total. The molecule has 2 rings (SSSR count). The highest BCUT2D eigenvalue weighted by atomic mass is 15.1. The summed E-state index contributed by atoms with van der Waals surface area (Å²) >= 11 is 0. The van der Waals surface area contributed by atoms with E-state index in [1.165, 1.54) is 12.0 Å². The van der Waals surface area contributed by atoms with E-state index in [-0.39, 0.29) is 0 Å². The average Bonchev–Trinajstić information content (AvgIpc) is 2.70. The number of nitrogens with two attached hydrogens (primary N) is 1. The number of benzene rings is 1. The molecule has 0 unspecified atom stereocenters.